The first kappa shape index (κ1) is 18.5. The number of anilines is 1. The van der Waals surface area contributed by atoms with Gasteiger partial charge in [0, 0.05) is 43.0 Å². The van der Waals surface area contributed by atoms with E-state index in [1.165, 1.54) is 12.1 Å². The SMILES string of the molecule is O=Cc1ccc(-c2ccccc2Cl)c(NC(=O)c2cc(Cl)cc(Cl)c2)c1. The minimum absolute atomic E-state index is 0.309. The summed E-state index contributed by atoms with van der Waals surface area (Å²) in [5, 5.41) is 4.06. The number of carbonyl (C=O) groups is 2. The second kappa shape index (κ2) is 7.92. The average Bonchev–Trinajstić information content (AvgIpc) is 2.61. The third kappa shape index (κ3) is 4.07. The second-order valence-electron chi connectivity index (χ2n) is 5.51. The number of halogens is 3. The van der Waals surface area contributed by atoms with Gasteiger partial charge in [-0.2, -0.15) is 0 Å². The summed E-state index contributed by atoms with van der Waals surface area (Å²) in [6, 6.07) is 16.8. The topological polar surface area (TPSA) is 46.2 Å². The minimum Gasteiger partial charge on any atom is -0.321 e. The molecule has 3 aromatic carbocycles. The third-order valence-electron chi connectivity index (χ3n) is 3.72. The van der Waals surface area contributed by atoms with Gasteiger partial charge < -0.3 is 5.32 Å². The van der Waals surface area contributed by atoms with Crippen molar-refractivity contribution in [2.24, 2.45) is 0 Å². The number of hydrogen-bond acceptors (Lipinski definition) is 2. The van der Waals surface area contributed by atoms with E-state index in [1.807, 2.05) is 18.2 Å². The molecule has 0 bridgehead atoms. The van der Waals surface area contributed by atoms with Crippen LogP contribution in [0.5, 0.6) is 0 Å². The Morgan fingerprint density at radius 2 is 1.54 bits per heavy atom. The smallest absolute Gasteiger partial charge is 0.255 e. The molecule has 0 aliphatic rings. The van der Waals surface area contributed by atoms with Gasteiger partial charge in [0.05, 0.1) is 0 Å². The molecule has 0 heterocycles. The van der Waals surface area contributed by atoms with Gasteiger partial charge in [-0.05, 0) is 30.3 Å². The van der Waals surface area contributed by atoms with Gasteiger partial charge >= 0.3 is 0 Å². The molecule has 1 amide bonds. The third-order valence-corrected chi connectivity index (χ3v) is 4.48. The molecule has 0 saturated carbocycles. The van der Waals surface area contributed by atoms with Gasteiger partial charge in [-0.1, -0.05) is 65.1 Å². The van der Waals surface area contributed by atoms with Gasteiger partial charge in [0.15, 0.2) is 0 Å². The quantitative estimate of drug-likeness (QED) is 0.513. The van der Waals surface area contributed by atoms with Crippen LogP contribution in [0.1, 0.15) is 20.7 Å². The number of amides is 1. The number of aldehydes is 1. The number of carbonyl (C=O) groups excluding carboxylic acids is 2. The number of rotatable bonds is 4. The van der Waals surface area contributed by atoms with E-state index in [4.69, 9.17) is 34.8 Å². The van der Waals surface area contributed by atoms with Crippen LogP contribution >= 0.6 is 34.8 Å². The van der Waals surface area contributed by atoms with E-state index >= 15 is 0 Å². The Labute approximate surface area is 165 Å². The van der Waals surface area contributed by atoms with Crippen LogP contribution in [0.3, 0.4) is 0 Å². The van der Waals surface area contributed by atoms with E-state index in [0.29, 0.717) is 43.7 Å². The highest BCUT2D eigenvalue weighted by atomic mass is 35.5. The lowest BCUT2D eigenvalue weighted by molar-refractivity contribution is 0.102. The molecule has 0 saturated heterocycles. The zero-order valence-corrected chi connectivity index (χ0v) is 15.6. The van der Waals surface area contributed by atoms with Crippen molar-refractivity contribution in [3.63, 3.8) is 0 Å². The molecule has 3 aromatic rings. The molecule has 26 heavy (non-hydrogen) atoms. The predicted octanol–water partition coefficient (Wildman–Crippen LogP) is 6.38. The fourth-order valence-electron chi connectivity index (χ4n) is 2.53. The van der Waals surface area contributed by atoms with Gasteiger partial charge in [0.1, 0.15) is 6.29 Å². The molecule has 0 aromatic heterocycles. The van der Waals surface area contributed by atoms with Crippen molar-refractivity contribution in [2.45, 2.75) is 0 Å². The molecule has 6 heteroatoms. The molecule has 0 atom stereocenters. The Kier molecular flexibility index (Phi) is 5.62. The van der Waals surface area contributed by atoms with Crippen LogP contribution in [0.25, 0.3) is 11.1 Å². The van der Waals surface area contributed by atoms with Crippen molar-refractivity contribution in [1.29, 1.82) is 0 Å². The van der Waals surface area contributed by atoms with E-state index < -0.39 is 5.91 Å². The highest BCUT2D eigenvalue weighted by Gasteiger charge is 2.14. The molecule has 0 fully saturated rings. The second-order valence-corrected chi connectivity index (χ2v) is 6.80. The van der Waals surface area contributed by atoms with Crippen LogP contribution < -0.4 is 5.32 Å². The lowest BCUT2D eigenvalue weighted by Gasteiger charge is -2.13. The largest absolute Gasteiger partial charge is 0.321 e. The summed E-state index contributed by atoms with van der Waals surface area (Å²) in [4.78, 5) is 23.8. The molecule has 0 spiro atoms. The number of hydrogen-bond donors (Lipinski definition) is 1. The Morgan fingerprint density at radius 3 is 2.19 bits per heavy atom. The highest BCUT2D eigenvalue weighted by molar-refractivity contribution is 6.35. The normalized spacial score (nSPS) is 10.4. The summed E-state index contributed by atoms with van der Waals surface area (Å²) in [5.74, 6) is -0.397. The van der Waals surface area contributed by atoms with Crippen LogP contribution in [0.15, 0.2) is 60.7 Å². The van der Waals surface area contributed by atoms with E-state index in [9.17, 15) is 9.59 Å². The maximum atomic E-state index is 12.6. The summed E-state index contributed by atoms with van der Waals surface area (Å²) in [5.41, 5.74) is 2.64. The van der Waals surface area contributed by atoms with E-state index in [2.05, 4.69) is 5.32 Å². The van der Waals surface area contributed by atoms with E-state index in [1.54, 1.807) is 30.3 Å². The highest BCUT2D eigenvalue weighted by Crippen LogP contribution is 2.34. The molecule has 3 nitrogen and oxygen atoms in total. The predicted molar refractivity (Wildman–Crippen MR) is 107 cm³/mol. The first-order valence-electron chi connectivity index (χ1n) is 7.59. The number of benzene rings is 3. The fourth-order valence-corrected chi connectivity index (χ4v) is 3.30. The van der Waals surface area contributed by atoms with Crippen LogP contribution in [0, 0.1) is 0 Å². The monoisotopic (exact) mass is 403 g/mol. The van der Waals surface area contributed by atoms with Gasteiger partial charge in [-0.15, -0.1) is 0 Å². The average molecular weight is 405 g/mol. The maximum Gasteiger partial charge on any atom is 0.255 e. The zero-order valence-electron chi connectivity index (χ0n) is 13.3. The molecular weight excluding hydrogens is 393 g/mol. The van der Waals surface area contributed by atoms with Crippen LogP contribution in [0.2, 0.25) is 15.1 Å². The zero-order chi connectivity index (χ0) is 18.7. The molecule has 1 N–H and O–H groups in total. The molecular formula is C20H12Cl3NO2. The van der Waals surface area contributed by atoms with Gasteiger partial charge in [-0.3, -0.25) is 9.59 Å². The Balaban J connectivity index is 2.04. The molecule has 0 aliphatic heterocycles. The molecule has 3 rings (SSSR count). The maximum absolute atomic E-state index is 12.6. The number of nitrogens with one attached hydrogen (secondary N) is 1. The van der Waals surface area contributed by atoms with Crippen molar-refractivity contribution in [1.82, 2.24) is 0 Å². The van der Waals surface area contributed by atoms with Crippen LogP contribution in [-0.4, -0.2) is 12.2 Å². The van der Waals surface area contributed by atoms with Crippen molar-refractivity contribution in [3.05, 3.63) is 86.9 Å². The standard InChI is InChI=1S/C20H12Cl3NO2/c21-14-8-13(9-15(22)10-14)20(26)24-19-7-12(11-25)5-6-17(19)16-3-1-2-4-18(16)23/h1-11H,(H,24,26). The van der Waals surface area contributed by atoms with Crippen LogP contribution in [0.4, 0.5) is 5.69 Å². The summed E-state index contributed by atoms with van der Waals surface area (Å²) < 4.78 is 0. The van der Waals surface area contributed by atoms with E-state index in [-0.39, 0.29) is 0 Å². The van der Waals surface area contributed by atoms with Gasteiger partial charge in [0.2, 0.25) is 0 Å². The lowest BCUT2D eigenvalue weighted by atomic mass is 10.0. The summed E-state index contributed by atoms with van der Waals surface area (Å²) in [6.07, 6.45) is 0.711. The first-order chi connectivity index (χ1) is 12.5. The van der Waals surface area contributed by atoms with E-state index in [0.717, 1.165) is 5.56 Å². The Morgan fingerprint density at radius 1 is 0.846 bits per heavy atom. The fraction of sp³-hybridized carbons (Fsp3) is 0. The van der Waals surface area contributed by atoms with Crippen molar-refractivity contribution in [2.75, 3.05) is 5.32 Å². The minimum atomic E-state index is -0.397. The Hall–Kier alpha value is -2.33. The van der Waals surface area contributed by atoms with Crippen molar-refractivity contribution in [3.8, 4) is 11.1 Å². The molecule has 130 valence electrons. The summed E-state index contributed by atoms with van der Waals surface area (Å²) in [6.45, 7) is 0. The van der Waals surface area contributed by atoms with Crippen molar-refractivity contribution >= 4 is 52.7 Å². The Bertz CT molecular complexity index is 982. The summed E-state index contributed by atoms with van der Waals surface area (Å²) >= 11 is 18.2. The molecule has 0 unspecified atom stereocenters. The van der Waals surface area contributed by atoms with Gasteiger partial charge in [0.25, 0.3) is 5.91 Å². The lowest BCUT2D eigenvalue weighted by Crippen LogP contribution is -2.13. The molecule has 0 aliphatic carbocycles. The van der Waals surface area contributed by atoms with Crippen LogP contribution in [-0.2, 0) is 0 Å². The van der Waals surface area contributed by atoms with Crippen molar-refractivity contribution < 1.29 is 9.59 Å². The summed E-state index contributed by atoms with van der Waals surface area (Å²) in [7, 11) is 0. The van der Waals surface area contributed by atoms with Gasteiger partial charge in [-0.25, -0.2) is 0 Å². The molecule has 0 radical (unpaired) electrons. The first-order valence-corrected chi connectivity index (χ1v) is 8.73.